The summed E-state index contributed by atoms with van der Waals surface area (Å²) in [5.41, 5.74) is 5.47. The van der Waals surface area contributed by atoms with E-state index in [1.54, 1.807) is 4.90 Å². The lowest BCUT2D eigenvalue weighted by molar-refractivity contribution is -0.162. The Balaban J connectivity index is 1.10. The number of amides is 3. The first-order valence-electron chi connectivity index (χ1n) is 25.8. The zero-order valence-corrected chi connectivity index (χ0v) is 43.9. The molecule has 0 unspecified atom stereocenters. The van der Waals surface area contributed by atoms with E-state index in [0.29, 0.717) is 65.0 Å². The van der Waals surface area contributed by atoms with E-state index in [1.807, 2.05) is 13.8 Å². The number of phenols is 2. The van der Waals surface area contributed by atoms with Crippen LogP contribution in [0.4, 0.5) is 0 Å². The average Bonchev–Trinajstić information content (AvgIpc) is 3.82. The SMILES string of the molecule is COC(=O)[C@H]1COCCN1C(=O)[C@H](CCCN1Cc2c(cc(O)c3c2O[C@](C)(CC/C=C(\C)CCC=C(C)C)[C@@H](O)C3)C1=O)N1Cc2c(cc(O)c3c2O[C@](C)(CC/C=C(\C)CCC=C(C)C)[C@@H](O)C3)C1=O. The predicted molar refractivity (Wildman–Crippen MR) is 273 cm³/mol. The van der Waals surface area contributed by atoms with Crippen molar-refractivity contribution in [2.45, 2.75) is 181 Å². The number of aliphatic hydroxyl groups is 2. The maximum atomic E-state index is 14.9. The van der Waals surface area contributed by atoms with Crippen LogP contribution in [0.1, 0.15) is 163 Å². The summed E-state index contributed by atoms with van der Waals surface area (Å²) in [6.45, 7) is 16.7. The molecule has 2 aromatic rings. The maximum Gasteiger partial charge on any atom is 0.331 e. The van der Waals surface area contributed by atoms with Gasteiger partial charge in [-0.3, -0.25) is 14.4 Å². The van der Waals surface area contributed by atoms with Gasteiger partial charge in [-0.15, -0.1) is 0 Å². The highest BCUT2D eigenvalue weighted by molar-refractivity contribution is 6.03. The molecule has 392 valence electrons. The van der Waals surface area contributed by atoms with Crippen molar-refractivity contribution in [3.63, 3.8) is 0 Å². The maximum absolute atomic E-state index is 14.9. The predicted octanol–water partition coefficient (Wildman–Crippen LogP) is 8.31. The minimum absolute atomic E-state index is 0.0390. The first-order valence-corrected chi connectivity index (χ1v) is 25.8. The molecule has 6 atom stereocenters. The fraction of sp³-hybridized carbons (Fsp3) is 0.579. The number of hydrogen-bond donors (Lipinski definition) is 4. The number of allylic oxidation sites excluding steroid dienone is 8. The Bertz CT molecular complexity index is 2540. The van der Waals surface area contributed by atoms with Crippen LogP contribution < -0.4 is 9.47 Å². The zero-order valence-electron chi connectivity index (χ0n) is 43.9. The number of hydrogen-bond acceptors (Lipinski definition) is 12. The van der Waals surface area contributed by atoms with Gasteiger partial charge in [0.2, 0.25) is 5.91 Å². The molecule has 4 N–H and O–H groups in total. The summed E-state index contributed by atoms with van der Waals surface area (Å²) in [7, 11) is 1.24. The third-order valence-electron chi connectivity index (χ3n) is 15.4. The molecular weight excluding hydrogens is 919 g/mol. The van der Waals surface area contributed by atoms with Crippen LogP contribution in [0.15, 0.2) is 58.7 Å². The lowest BCUT2D eigenvalue weighted by Gasteiger charge is -2.41. The van der Waals surface area contributed by atoms with Gasteiger partial charge >= 0.3 is 5.97 Å². The van der Waals surface area contributed by atoms with E-state index in [1.165, 1.54) is 51.3 Å². The van der Waals surface area contributed by atoms with Gasteiger partial charge in [-0.1, -0.05) is 46.6 Å². The lowest BCUT2D eigenvalue weighted by Crippen LogP contribution is -2.58. The Hall–Kier alpha value is -5.64. The van der Waals surface area contributed by atoms with E-state index in [2.05, 4.69) is 65.8 Å². The zero-order chi connectivity index (χ0) is 52.2. The molecule has 0 radical (unpaired) electrons. The summed E-state index contributed by atoms with van der Waals surface area (Å²) in [5.74, 6) is -1.54. The summed E-state index contributed by atoms with van der Waals surface area (Å²) in [4.78, 5) is 61.2. The van der Waals surface area contributed by atoms with Crippen molar-refractivity contribution in [3.05, 3.63) is 92.1 Å². The van der Waals surface area contributed by atoms with Crippen molar-refractivity contribution in [1.29, 1.82) is 0 Å². The molecule has 15 nitrogen and oxygen atoms in total. The Morgan fingerprint density at radius 3 is 1.78 bits per heavy atom. The summed E-state index contributed by atoms with van der Waals surface area (Å²) < 4.78 is 24.0. The van der Waals surface area contributed by atoms with Crippen LogP contribution >= 0.6 is 0 Å². The van der Waals surface area contributed by atoms with Crippen molar-refractivity contribution < 1.29 is 58.6 Å². The molecule has 0 aliphatic carbocycles. The van der Waals surface area contributed by atoms with Gasteiger partial charge in [0.05, 0.1) is 56.7 Å². The molecule has 15 heteroatoms. The van der Waals surface area contributed by atoms with E-state index < -0.39 is 53.3 Å². The standard InChI is InChI=1S/C57H77N3O12/c1-34(2)15-10-17-36(5)19-12-22-56(7)48(63)29-40-46(61)27-38-42(50(40)71-56)31-58(52(38)65)24-14-21-44(54(67)59-25-26-70-33-45(59)55(68)69-9)60-32-43-39(53(60)66)28-47(62)41-30-49(64)57(8,72-51(41)43)23-13-20-37(6)18-11-16-35(3)4/h15-16,19-20,27-28,44-45,48-49,61-64H,10-14,17-18,21-26,29-33H2,1-9H3/b36-19+,37-20+/t44-,45+,48-,49-,56+,57+/m0/s1. The third kappa shape index (κ3) is 11.6. The largest absolute Gasteiger partial charge is 0.508 e. The summed E-state index contributed by atoms with van der Waals surface area (Å²) >= 11 is 0. The van der Waals surface area contributed by atoms with Gasteiger partial charge in [0, 0.05) is 48.2 Å². The number of phenolic OH excluding ortho intramolecular Hbond substituents is 2. The number of methoxy groups -OCH3 is 1. The Kier molecular flexibility index (Phi) is 17.0. The van der Waals surface area contributed by atoms with Gasteiger partial charge in [-0.05, 0) is 132 Å². The Labute approximate surface area is 425 Å². The van der Waals surface area contributed by atoms with Gasteiger partial charge < -0.3 is 54.1 Å². The van der Waals surface area contributed by atoms with Crippen molar-refractivity contribution in [3.8, 4) is 23.0 Å². The normalized spacial score (nSPS) is 24.2. The van der Waals surface area contributed by atoms with E-state index in [9.17, 15) is 39.6 Å². The monoisotopic (exact) mass is 996 g/mol. The van der Waals surface area contributed by atoms with Crippen LogP contribution in [-0.4, -0.2) is 128 Å². The van der Waals surface area contributed by atoms with E-state index in [-0.39, 0.29) is 88.0 Å². The van der Waals surface area contributed by atoms with E-state index >= 15 is 0 Å². The van der Waals surface area contributed by atoms with Crippen molar-refractivity contribution >= 4 is 23.7 Å². The van der Waals surface area contributed by atoms with Gasteiger partial charge in [-0.2, -0.15) is 0 Å². The van der Waals surface area contributed by atoms with Gasteiger partial charge in [0.1, 0.15) is 40.2 Å². The van der Waals surface area contributed by atoms with Gasteiger partial charge in [-0.25, -0.2) is 4.79 Å². The van der Waals surface area contributed by atoms with Crippen molar-refractivity contribution in [2.24, 2.45) is 0 Å². The molecule has 0 saturated carbocycles. The minimum Gasteiger partial charge on any atom is -0.508 e. The molecule has 0 spiro atoms. The van der Waals surface area contributed by atoms with Gasteiger partial charge in [0.15, 0.2) is 6.04 Å². The second kappa shape index (κ2) is 22.6. The van der Waals surface area contributed by atoms with Crippen LogP contribution in [0, 0.1) is 0 Å². The fourth-order valence-corrected chi connectivity index (χ4v) is 10.8. The number of benzene rings is 2. The Morgan fingerprint density at radius 2 is 1.26 bits per heavy atom. The number of fused-ring (bicyclic) bond motifs is 6. The van der Waals surface area contributed by atoms with E-state index in [4.69, 9.17) is 18.9 Å². The molecular formula is C57H77N3O12. The third-order valence-corrected chi connectivity index (χ3v) is 15.4. The highest BCUT2D eigenvalue weighted by atomic mass is 16.5. The average molecular weight is 996 g/mol. The van der Waals surface area contributed by atoms with Crippen LogP contribution in [0.3, 0.4) is 0 Å². The van der Waals surface area contributed by atoms with E-state index in [0.717, 1.165) is 25.7 Å². The molecule has 5 aliphatic rings. The number of aliphatic hydroxyl groups excluding tert-OH is 2. The number of ether oxygens (including phenoxy) is 4. The first-order chi connectivity index (χ1) is 34.2. The minimum atomic E-state index is -1.11. The molecule has 3 amide bonds. The first kappa shape index (κ1) is 54.1. The van der Waals surface area contributed by atoms with Gasteiger partial charge in [0.25, 0.3) is 11.8 Å². The second-order valence-electron chi connectivity index (χ2n) is 21.5. The number of nitrogens with zero attached hydrogens (tertiary/aromatic N) is 3. The molecule has 5 heterocycles. The quantitative estimate of drug-likeness (QED) is 0.0778. The van der Waals surface area contributed by atoms with Crippen LogP contribution in [0.5, 0.6) is 23.0 Å². The number of carbonyl (C=O) groups excluding carboxylic acids is 4. The summed E-state index contributed by atoms with van der Waals surface area (Å²) in [5, 5.41) is 45.4. The Morgan fingerprint density at radius 1 is 0.750 bits per heavy atom. The smallest absolute Gasteiger partial charge is 0.331 e. The number of esters is 1. The van der Waals surface area contributed by atoms with Crippen LogP contribution in [0.25, 0.3) is 0 Å². The van der Waals surface area contributed by atoms with Crippen molar-refractivity contribution in [1.82, 2.24) is 14.7 Å². The fourth-order valence-electron chi connectivity index (χ4n) is 10.8. The highest BCUT2D eigenvalue weighted by Gasteiger charge is 2.48. The molecule has 7 rings (SSSR count). The molecule has 72 heavy (non-hydrogen) atoms. The number of aromatic hydroxyl groups is 2. The number of carbonyl (C=O) groups is 4. The summed E-state index contributed by atoms with van der Waals surface area (Å²) in [6.07, 6.45) is 13.6. The molecule has 1 fully saturated rings. The number of rotatable bonds is 19. The molecule has 0 bridgehead atoms. The molecule has 1 saturated heterocycles. The molecule has 0 aromatic heterocycles. The lowest BCUT2D eigenvalue weighted by atomic mass is 9.84. The molecule has 5 aliphatic heterocycles. The highest BCUT2D eigenvalue weighted by Crippen LogP contribution is 2.49. The van der Waals surface area contributed by atoms with Crippen molar-refractivity contribution in [2.75, 3.05) is 33.4 Å². The topological polar surface area (TPSA) is 196 Å². The second-order valence-corrected chi connectivity index (χ2v) is 21.5. The number of morpholine rings is 1. The van der Waals surface area contributed by atoms with Crippen LogP contribution in [0.2, 0.25) is 0 Å². The molecule has 2 aromatic carbocycles. The summed E-state index contributed by atoms with van der Waals surface area (Å²) in [6, 6.07) is 0.671. The van der Waals surface area contributed by atoms with Crippen LogP contribution in [-0.2, 0) is 45.0 Å².